The molecule has 2 heterocycles. The maximum Gasteiger partial charge on any atom is 0.250 e. The van der Waals surface area contributed by atoms with Crippen LogP contribution < -0.4 is 10.9 Å². The highest BCUT2D eigenvalue weighted by Gasteiger charge is 2.19. The van der Waals surface area contributed by atoms with Crippen molar-refractivity contribution in [3.8, 4) is 0 Å². The van der Waals surface area contributed by atoms with Gasteiger partial charge in [0.2, 0.25) is 5.91 Å². The summed E-state index contributed by atoms with van der Waals surface area (Å²) in [5, 5.41) is 3.03. The molecule has 2 aromatic heterocycles. The maximum absolute atomic E-state index is 12.6. The van der Waals surface area contributed by atoms with Gasteiger partial charge in [0, 0.05) is 12.3 Å². The van der Waals surface area contributed by atoms with Gasteiger partial charge in [0.25, 0.3) is 5.56 Å². The topological polar surface area (TPSA) is 79.8 Å². The highest BCUT2D eigenvalue weighted by atomic mass is 16.2. The van der Waals surface area contributed by atoms with Gasteiger partial charge in [-0.25, -0.2) is 4.98 Å². The molecule has 0 fully saturated rings. The molecule has 140 valence electrons. The molecule has 4 rings (SSSR count). The van der Waals surface area contributed by atoms with Gasteiger partial charge in [-0.2, -0.15) is 0 Å². The molecule has 2 N–H and O–H groups in total. The number of imidazole rings is 1. The van der Waals surface area contributed by atoms with Gasteiger partial charge in [-0.05, 0) is 30.2 Å². The third-order valence-corrected chi connectivity index (χ3v) is 4.57. The van der Waals surface area contributed by atoms with Crippen molar-refractivity contribution >= 4 is 16.9 Å². The van der Waals surface area contributed by atoms with Crippen LogP contribution in [-0.4, -0.2) is 20.4 Å². The molecule has 0 aliphatic carbocycles. The zero-order chi connectivity index (χ0) is 19.3. The average molecular weight is 372 g/mol. The number of nitrogens with one attached hydrogen (secondary N) is 2. The number of fused-ring (bicyclic) bond motifs is 1. The van der Waals surface area contributed by atoms with Crippen molar-refractivity contribution in [2.24, 2.45) is 0 Å². The van der Waals surface area contributed by atoms with Gasteiger partial charge in [-0.1, -0.05) is 48.5 Å². The highest BCUT2D eigenvalue weighted by molar-refractivity contribution is 5.77. The number of nitrogens with zero attached hydrogens (tertiary/aromatic N) is 2. The molecule has 4 aromatic rings. The van der Waals surface area contributed by atoms with Gasteiger partial charge < -0.3 is 14.9 Å². The Hall–Kier alpha value is -3.67. The zero-order valence-electron chi connectivity index (χ0n) is 15.2. The van der Waals surface area contributed by atoms with Crippen molar-refractivity contribution < 1.29 is 4.79 Å². The van der Waals surface area contributed by atoms with Crippen LogP contribution in [0.5, 0.6) is 0 Å². The normalized spacial score (nSPS) is 12.0. The molecular weight excluding hydrogens is 352 g/mol. The molecule has 6 heteroatoms. The first kappa shape index (κ1) is 17.7. The summed E-state index contributed by atoms with van der Waals surface area (Å²) < 4.78 is 1.38. The molecule has 0 aliphatic rings. The van der Waals surface area contributed by atoms with Gasteiger partial charge in [0.1, 0.15) is 12.4 Å². The Kier molecular flexibility index (Phi) is 5.01. The number of carbonyl (C=O) groups is 1. The summed E-state index contributed by atoms with van der Waals surface area (Å²) in [7, 11) is 0. The Balaban J connectivity index is 1.60. The fraction of sp³-hybridized carbons (Fsp3) is 0.136. The van der Waals surface area contributed by atoms with Crippen molar-refractivity contribution in [3.05, 3.63) is 101 Å². The Morgan fingerprint density at radius 1 is 1.00 bits per heavy atom. The molecule has 2 aromatic carbocycles. The highest BCUT2D eigenvalue weighted by Crippen LogP contribution is 2.20. The lowest BCUT2D eigenvalue weighted by atomic mass is 10.1. The summed E-state index contributed by atoms with van der Waals surface area (Å²) in [5.41, 5.74) is 2.65. The lowest BCUT2D eigenvalue weighted by molar-refractivity contribution is -0.122. The Morgan fingerprint density at radius 2 is 1.75 bits per heavy atom. The van der Waals surface area contributed by atoms with Crippen LogP contribution in [0.3, 0.4) is 0 Å². The molecule has 6 nitrogen and oxygen atoms in total. The van der Waals surface area contributed by atoms with E-state index >= 15 is 0 Å². The van der Waals surface area contributed by atoms with E-state index in [0.717, 1.165) is 16.6 Å². The van der Waals surface area contributed by atoms with Crippen LogP contribution in [0.1, 0.15) is 17.4 Å². The molecule has 0 saturated heterocycles. The molecule has 0 spiro atoms. The first-order valence-electron chi connectivity index (χ1n) is 9.12. The second-order valence-corrected chi connectivity index (χ2v) is 6.62. The fourth-order valence-electron chi connectivity index (χ4n) is 3.19. The van der Waals surface area contributed by atoms with E-state index in [-0.39, 0.29) is 24.1 Å². The zero-order valence-corrected chi connectivity index (χ0v) is 15.2. The number of aromatic amines is 1. The van der Waals surface area contributed by atoms with Gasteiger partial charge >= 0.3 is 0 Å². The molecule has 0 saturated carbocycles. The number of carbonyl (C=O) groups excluding carboxylic acids is 1. The van der Waals surface area contributed by atoms with Crippen molar-refractivity contribution in [3.63, 3.8) is 0 Å². The number of hydrogen-bond donors (Lipinski definition) is 2. The number of aromatic nitrogens is 3. The van der Waals surface area contributed by atoms with E-state index in [1.54, 1.807) is 18.3 Å². The number of hydrogen-bond acceptors (Lipinski definition) is 3. The van der Waals surface area contributed by atoms with Crippen molar-refractivity contribution in [1.29, 1.82) is 0 Å². The first-order chi connectivity index (χ1) is 13.7. The molecular formula is C22H20N4O2. The minimum absolute atomic E-state index is 0.0365. The molecule has 1 amide bonds. The maximum atomic E-state index is 12.6. The second-order valence-electron chi connectivity index (χ2n) is 6.62. The number of rotatable bonds is 6. The van der Waals surface area contributed by atoms with Crippen LogP contribution >= 0.6 is 0 Å². The van der Waals surface area contributed by atoms with E-state index in [9.17, 15) is 9.59 Å². The van der Waals surface area contributed by atoms with Crippen molar-refractivity contribution in [1.82, 2.24) is 19.9 Å². The summed E-state index contributed by atoms with van der Waals surface area (Å²) in [5.74, 6) is 0.452. The van der Waals surface area contributed by atoms with E-state index in [1.165, 1.54) is 10.6 Å². The monoisotopic (exact) mass is 372 g/mol. The third kappa shape index (κ3) is 4.01. The smallest absolute Gasteiger partial charge is 0.250 e. The van der Waals surface area contributed by atoms with E-state index < -0.39 is 0 Å². The minimum Gasteiger partial charge on any atom is -0.344 e. The van der Waals surface area contributed by atoms with E-state index in [2.05, 4.69) is 15.3 Å². The summed E-state index contributed by atoms with van der Waals surface area (Å²) in [4.78, 5) is 32.5. The van der Waals surface area contributed by atoms with Crippen LogP contribution in [0.15, 0.2) is 83.8 Å². The Bertz CT molecular complexity index is 1110. The van der Waals surface area contributed by atoms with Crippen LogP contribution in [-0.2, 0) is 17.8 Å². The quantitative estimate of drug-likeness (QED) is 0.546. The lowest BCUT2D eigenvalue weighted by Gasteiger charge is -2.17. The molecule has 1 atom stereocenters. The standard InChI is InChI=1S/C22H20N4O2/c27-20(15-26-13-7-6-12-21(26)28)23-19(14-16-8-2-1-3-9-16)22-24-17-10-4-5-11-18(17)25-22/h1-13,19H,14-15H2,(H,23,27)(H,24,25)/t19-/m0/s1. The number of pyridine rings is 1. The third-order valence-electron chi connectivity index (χ3n) is 4.57. The Labute approximate surface area is 161 Å². The molecule has 0 unspecified atom stereocenters. The van der Waals surface area contributed by atoms with Gasteiger partial charge in [0.15, 0.2) is 0 Å². The summed E-state index contributed by atoms with van der Waals surface area (Å²) >= 11 is 0. The molecule has 0 bridgehead atoms. The van der Waals surface area contributed by atoms with Crippen LogP contribution in [0.25, 0.3) is 11.0 Å². The van der Waals surface area contributed by atoms with Gasteiger partial charge in [-0.3, -0.25) is 9.59 Å². The number of amides is 1. The molecule has 28 heavy (non-hydrogen) atoms. The number of benzene rings is 2. The summed E-state index contributed by atoms with van der Waals surface area (Å²) in [6.07, 6.45) is 2.20. The van der Waals surface area contributed by atoms with E-state index in [0.29, 0.717) is 12.2 Å². The lowest BCUT2D eigenvalue weighted by Crippen LogP contribution is -2.35. The fourth-order valence-corrected chi connectivity index (χ4v) is 3.19. The molecule has 0 radical (unpaired) electrons. The second kappa shape index (κ2) is 7.92. The predicted molar refractivity (Wildman–Crippen MR) is 108 cm³/mol. The van der Waals surface area contributed by atoms with Crippen LogP contribution in [0.2, 0.25) is 0 Å². The molecule has 0 aliphatic heterocycles. The number of H-pyrrole nitrogens is 1. The van der Waals surface area contributed by atoms with Crippen molar-refractivity contribution in [2.45, 2.75) is 19.0 Å². The average Bonchev–Trinajstić information content (AvgIpc) is 3.14. The van der Waals surface area contributed by atoms with Crippen molar-refractivity contribution in [2.75, 3.05) is 0 Å². The summed E-state index contributed by atoms with van der Waals surface area (Å²) in [6, 6.07) is 22.2. The number of para-hydroxylation sites is 2. The van der Waals surface area contributed by atoms with E-state index in [1.807, 2.05) is 54.6 Å². The summed E-state index contributed by atoms with van der Waals surface area (Å²) in [6.45, 7) is -0.0365. The Morgan fingerprint density at radius 3 is 2.54 bits per heavy atom. The van der Waals surface area contributed by atoms with Crippen LogP contribution in [0, 0.1) is 0 Å². The first-order valence-corrected chi connectivity index (χ1v) is 9.12. The largest absolute Gasteiger partial charge is 0.344 e. The SMILES string of the molecule is O=C(Cn1ccccc1=O)N[C@@H](Cc1ccccc1)c1nc2ccccc2[nH]1. The predicted octanol–water partition coefficient (Wildman–Crippen LogP) is 2.82. The van der Waals surface area contributed by atoms with E-state index in [4.69, 9.17) is 0 Å². The van der Waals surface area contributed by atoms with Gasteiger partial charge in [0.05, 0.1) is 17.1 Å². The van der Waals surface area contributed by atoms with Crippen LogP contribution in [0.4, 0.5) is 0 Å². The minimum atomic E-state index is -0.332. The van der Waals surface area contributed by atoms with Gasteiger partial charge in [-0.15, -0.1) is 0 Å².